The van der Waals surface area contributed by atoms with Crippen LogP contribution in [-0.2, 0) is 0 Å². The number of ether oxygens (including phenoxy) is 2. The molecule has 18 heavy (non-hydrogen) atoms. The van der Waals surface area contributed by atoms with E-state index in [0.717, 1.165) is 6.54 Å². The molecule has 5 nitrogen and oxygen atoms in total. The van der Waals surface area contributed by atoms with Gasteiger partial charge in [-0.3, -0.25) is 0 Å². The normalized spacial score (nSPS) is 10.5. The molecule has 6 heteroatoms. The van der Waals surface area contributed by atoms with Crippen molar-refractivity contribution in [2.45, 2.75) is 0 Å². The van der Waals surface area contributed by atoms with Crippen LogP contribution < -0.4 is 9.47 Å². The molecule has 0 aliphatic rings. The average Bonchev–Trinajstić information content (AvgIpc) is 2.29. The summed E-state index contributed by atoms with van der Waals surface area (Å²) in [7, 11) is 5.37. The highest BCUT2D eigenvalue weighted by atomic mass is 79.9. The minimum Gasteiger partial charge on any atom is -0.493 e. The molecule has 0 atom stereocenters. The molecule has 0 saturated heterocycles. The quantitative estimate of drug-likeness (QED) is 0.870. The summed E-state index contributed by atoms with van der Waals surface area (Å²) in [5.41, 5.74) is 0.152. The summed E-state index contributed by atoms with van der Waals surface area (Å²) in [6.07, 6.45) is 0. The highest BCUT2D eigenvalue weighted by Crippen LogP contribution is 2.36. The van der Waals surface area contributed by atoms with Gasteiger partial charge < -0.3 is 19.5 Å². The van der Waals surface area contributed by atoms with Crippen LogP contribution in [0.5, 0.6) is 11.5 Å². The summed E-state index contributed by atoms with van der Waals surface area (Å²) in [4.78, 5) is 12.9. The maximum absolute atomic E-state index is 10.9. The molecule has 0 aromatic heterocycles. The highest BCUT2D eigenvalue weighted by Gasteiger charge is 2.14. The molecule has 1 aromatic carbocycles. The molecule has 1 rings (SSSR count). The van der Waals surface area contributed by atoms with E-state index in [-0.39, 0.29) is 5.56 Å². The van der Waals surface area contributed by atoms with Crippen LogP contribution >= 0.6 is 15.9 Å². The van der Waals surface area contributed by atoms with Crippen molar-refractivity contribution < 1.29 is 19.4 Å². The molecule has 0 aliphatic heterocycles. The topological polar surface area (TPSA) is 59.0 Å². The van der Waals surface area contributed by atoms with Gasteiger partial charge in [0.05, 0.1) is 17.1 Å². The highest BCUT2D eigenvalue weighted by molar-refractivity contribution is 9.10. The number of benzene rings is 1. The Labute approximate surface area is 114 Å². The van der Waals surface area contributed by atoms with Crippen molar-refractivity contribution in [1.82, 2.24) is 4.90 Å². The Bertz CT molecular complexity index is 434. The second-order valence-electron chi connectivity index (χ2n) is 3.95. The van der Waals surface area contributed by atoms with Crippen molar-refractivity contribution in [3.05, 3.63) is 22.2 Å². The molecule has 0 aliphatic carbocycles. The molecule has 1 aromatic rings. The summed E-state index contributed by atoms with van der Waals surface area (Å²) in [6, 6.07) is 2.94. The molecule has 0 bridgehead atoms. The molecule has 1 N–H and O–H groups in total. The summed E-state index contributed by atoms with van der Waals surface area (Å²) >= 11 is 3.29. The van der Waals surface area contributed by atoms with E-state index < -0.39 is 5.97 Å². The number of aromatic carboxylic acids is 1. The van der Waals surface area contributed by atoms with Gasteiger partial charge in [0.1, 0.15) is 6.61 Å². The van der Waals surface area contributed by atoms with Crippen molar-refractivity contribution in [3.8, 4) is 11.5 Å². The fourth-order valence-corrected chi connectivity index (χ4v) is 1.87. The zero-order chi connectivity index (χ0) is 13.7. The first kappa shape index (κ1) is 14.8. The first-order chi connectivity index (χ1) is 8.45. The fourth-order valence-electron chi connectivity index (χ4n) is 1.31. The number of halogens is 1. The van der Waals surface area contributed by atoms with Gasteiger partial charge in [-0.25, -0.2) is 4.79 Å². The first-order valence-electron chi connectivity index (χ1n) is 5.34. The zero-order valence-corrected chi connectivity index (χ0v) is 12.2. The average molecular weight is 318 g/mol. The third-order valence-electron chi connectivity index (χ3n) is 2.26. The smallest absolute Gasteiger partial charge is 0.335 e. The van der Waals surface area contributed by atoms with E-state index in [1.807, 2.05) is 19.0 Å². The number of rotatable bonds is 6. The Balaban J connectivity index is 2.93. The van der Waals surface area contributed by atoms with Crippen LogP contribution in [-0.4, -0.2) is 50.3 Å². The van der Waals surface area contributed by atoms with Gasteiger partial charge in [0.2, 0.25) is 0 Å². The summed E-state index contributed by atoms with van der Waals surface area (Å²) in [5, 5.41) is 8.95. The minimum atomic E-state index is -1.01. The number of hydrogen-bond acceptors (Lipinski definition) is 4. The van der Waals surface area contributed by atoms with Crippen molar-refractivity contribution >= 4 is 21.9 Å². The molecule has 0 amide bonds. The Morgan fingerprint density at radius 1 is 1.44 bits per heavy atom. The van der Waals surface area contributed by atoms with Gasteiger partial charge in [0.25, 0.3) is 0 Å². The van der Waals surface area contributed by atoms with Crippen LogP contribution in [0.3, 0.4) is 0 Å². The number of nitrogens with zero attached hydrogens (tertiary/aromatic N) is 1. The molecular formula is C12H16BrNO4. The number of carboxylic acid groups (broad SMARTS) is 1. The Hall–Kier alpha value is -1.27. The Morgan fingerprint density at radius 2 is 2.11 bits per heavy atom. The van der Waals surface area contributed by atoms with Gasteiger partial charge in [-0.05, 0) is 42.2 Å². The SMILES string of the molecule is COc1cc(C(=O)O)cc(Br)c1OCCN(C)C. The number of likely N-dealkylation sites (N-methyl/N-ethyl adjacent to an activating group) is 1. The maximum atomic E-state index is 10.9. The van der Waals surface area contributed by atoms with Crippen LogP contribution in [0.15, 0.2) is 16.6 Å². The van der Waals surface area contributed by atoms with Gasteiger partial charge in [-0.15, -0.1) is 0 Å². The molecule has 0 fully saturated rings. The maximum Gasteiger partial charge on any atom is 0.335 e. The van der Waals surface area contributed by atoms with Gasteiger partial charge in [-0.1, -0.05) is 0 Å². The monoisotopic (exact) mass is 317 g/mol. The van der Waals surface area contributed by atoms with Gasteiger partial charge in [0, 0.05) is 6.54 Å². The van der Waals surface area contributed by atoms with Gasteiger partial charge in [0.15, 0.2) is 11.5 Å². The summed E-state index contributed by atoms with van der Waals surface area (Å²) in [6.45, 7) is 1.25. The van der Waals surface area contributed by atoms with Crippen LogP contribution in [0.1, 0.15) is 10.4 Å². The third kappa shape index (κ3) is 3.89. The van der Waals surface area contributed by atoms with Crippen LogP contribution in [0, 0.1) is 0 Å². The van der Waals surface area contributed by atoms with Crippen LogP contribution in [0.4, 0.5) is 0 Å². The summed E-state index contributed by atoms with van der Waals surface area (Å²) in [5.74, 6) is -0.0845. The lowest BCUT2D eigenvalue weighted by molar-refractivity contribution is 0.0696. The molecule has 100 valence electrons. The number of carbonyl (C=O) groups is 1. The third-order valence-corrected chi connectivity index (χ3v) is 2.85. The number of hydrogen-bond donors (Lipinski definition) is 1. The van der Waals surface area contributed by atoms with Crippen molar-refractivity contribution in [2.24, 2.45) is 0 Å². The van der Waals surface area contributed by atoms with Crippen molar-refractivity contribution in [2.75, 3.05) is 34.4 Å². The van der Waals surface area contributed by atoms with E-state index in [9.17, 15) is 4.79 Å². The second-order valence-corrected chi connectivity index (χ2v) is 4.80. The Kier molecular flexibility index (Phi) is 5.43. The molecule has 0 saturated carbocycles. The summed E-state index contributed by atoms with van der Waals surface area (Å²) < 4.78 is 11.3. The molecule has 0 heterocycles. The van der Waals surface area contributed by atoms with Crippen LogP contribution in [0.2, 0.25) is 0 Å². The van der Waals surface area contributed by atoms with E-state index in [2.05, 4.69) is 15.9 Å². The molecule has 0 unspecified atom stereocenters. The van der Waals surface area contributed by atoms with Crippen molar-refractivity contribution in [1.29, 1.82) is 0 Å². The second kappa shape index (κ2) is 6.61. The number of carboxylic acids is 1. The van der Waals surface area contributed by atoms with E-state index in [1.165, 1.54) is 19.2 Å². The van der Waals surface area contributed by atoms with E-state index in [4.69, 9.17) is 14.6 Å². The largest absolute Gasteiger partial charge is 0.493 e. The van der Waals surface area contributed by atoms with Crippen LogP contribution in [0.25, 0.3) is 0 Å². The fraction of sp³-hybridized carbons (Fsp3) is 0.417. The lowest BCUT2D eigenvalue weighted by atomic mass is 10.2. The van der Waals surface area contributed by atoms with Crippen molar-refractivity contribution in [3.63, 3.8) is 0 Å². The minimum absolute atomic E-state index is 0.152. The lowest BCUT2D eigenvalue weighted by Crippen LogP contribution is -2.19. The Morgan fingerprint density at radius 3 is 2.61 bits per heavy atom. The van der Waals surface area contributed by atoms with E-state index in [1.54, 1.807) is 0 Å². The standard InChI is InChI=1S/C12H16BrNO4/c1-14(2)4-5-18-11-9(13)6-8(12(15)16)7-10(11)17-3/h6-7H,4-5H2,1-3H3,(H,15,16). The number of methoxy groups -OCH3 is 1. The van der Waals surface area contributed by atoms with E-state index >= 15 is 0 Å². The first-order valence-corrected chi connectivity index (χ1v) is 6.13. The molecule has 0 spiro atoms. The lowest BCUT2D eigenvalue weighted by Gasteiger charge is -2.15. The molecule has 0 radical (unpaired) electrons. The predicted octanol–water partition coefficient (Wildman–Crippen LogP) is 2.10. The zero-order valence-electron chi connectivity index (χ0n) is 10.6. The van der Waals surface area contributed by atoms with E-state index in [0.29, 0.717) is 22.6 Å². The molecular weight excluding hydrogens is 302 g/mol. The van der Waals surface area contributed by atoms with Gasteiger partial charge in [-0.2, -0.15) is 0 Å². The van der Waals surface area contributed by atoms with Gasteiger partial charge >= 0.3 is 5.97 Å². The predicted molar refractivity (Wildman–Crippen MR) is 71.7 cm³/mol.